The second-order valence-corrected chi connectivity index (χ2v) is 6.84. The fourth-order valence-corrected chi connectivity index (χ4v) is 2.91. The number of hydrogen-bond donors (Lipinski definition) is 2. The Bertz CT molecular complexity index is 784. The number of ether oxygens (including phenoxy) is 3. The fraction of sp³-hybridized carbons (Fsp3) is 0.435. The third-order valence-electron chi connectivity index (χ3n) is 4.41. The van der Waals surface area contributed by atoms with Crippen molar-refractivity contribution in [2.45, 2.75) is 33.0 Å². The van der Waals surface area contributed by atoms with Crippen LogP contribution in [0.3, 0.4) is 0 Å². The SMILES string of the molecule is CN=C(NCc1cccc(COC)c1)NCc1ccc(C)cc1OCCCOC.I. The fourth-order valence-electron chi connectivity index (χ4n) is 2.91. The first-order chi connectivity index (χ1) is 14.2. The zero-order valence-electron chi connectivity index (χ0n) is 18.4. The van der Waals surface area contributed by atoms with Gasteiger partial charge in [0.15, 0.2) is 5.96 Å². The molecule has 0 amide bonds. The van der Waals surface area contributed by atoms with E-state index in [1.165, 1.54) is 11.1 Å². The van der Waals surface area contributed by atoms with Crippen molar-refractivity contribution in [3.8, 4) is 5.75 Å². The summed E-state index contributed by atoms with van der Waals surface area (Å²) in [5, 5.41) is 6.72. The molecule has 2 aromatic rings. The molecular weight excluding hydrogens is 493 g/mol. The van der Waals surface area contributed by atoms with Crippen LogP contribution in [0.2, 0.25) is 0 Å². The van der Waals surface area contributed by atoms with Gasteiger partial charge in [0.2, 0.25) is 0 Å². The van der Waals surface area contributed by atoms with E-state index in [9.17, 15) is 0 Å². The highest BCUT2D eigenvalue weighted by atomic mass is 127. The highest BCUT2D eigenvalue weighted by Gasteiger charge is 2.06. The Kier molecular flexibility index (Phi) is 13.1. The lowest BCUT2D eigenvalue weighted by molar-refractivity contribution is 0.171. The molecule has 6 nitrogen and oxygen atoms in total. The molecular formula is C23H34IN3O3. The number of benzene rings is 2. The van der Waals surface area contributed by atoms with E-state index >= 15 is 0 Å². The molecule has 166 valence electrons. The summed E-state index contributed by atoms with van der Waals surface area (Å²) in [5.41, 5.74) is 4.61. The van der Waals surface area contributed by atoms with Gasteiger partial charge in [-0.3, -0.25) is 4.99 Å². The average Bonchev–Trinajstić information content (AvgIpc) is 2.73. The Labute approximate surface area is 197 Å². The van der Waals surface area contributed by atoms with Crippen molar-refractivity contribution in [1.29, 1.82) is 0 Å². The molecule has 2 rings (SSSR count). The van der Waals surface area contributed by atoms with Crippen LogP contribution in [-0.2, 0) is 29.2 Å². The van der Waals surface area contributed by atoms with E-state index in [2.05, 4.69) is 58.9 Å². The molecule has 0 saturated carbocycles. The Morgan fingerprint density at radius 2 is 1.70 bits per heavy atom. The molecule has 0 bridgehead atoms. The predicted octanol–water partition coefficient (Wildman–Crippen LogP) is 4.04. The van der Waals surface area contributed by atoms with E-state index in [0.29, 0.717) is 32.9 Å². The van der Waals surface area contributed by atoms with E-state index in [0.717, 1.165) is 29.3 Å². The summed E-state index contributed by atoms with van der Waals surface area (Å²) in [6.45, 7) is 5.32. The minimum absolute atomic E-state index is 0. The number of aliphatic imine (C=N–C) groups is 1. The molecule has 0 aliphatic carbocycles. The molecule has 7 heteroatoms. The first-order valence-corrected chi connectivity index (χ1v) is 9.88. The smallest absolute Gasteiger partial charge is 0.191 e. The van der Waals surface area contributed by atoms with E-state index in [4.69, 9.17) is 14.2 Å². The number of halogens is 1. The summed E-state index contributed by atoms with van der Waals surface area (Å²) < 4.78 is 16.3. The molecule has 0 spiro atoms. The largest absolute Gasteiger partial charge is 0.493 e. The summed E-state index contributed by atoms with van der Waals surface area (Å²) >= 11 is 0. The third-order valence-corrected chi connectivity index (χ3v) is 4.41. The van der Waals surface area contributed by atoms with Crippen molar-refractivity contribution in [1.82, 2.24) is 10.6 Å². The minimum Gasteiger partial charge on any atom is -0.493 e. The molecule has 0 radical (unpaired) electrons. The second-order valence-electron chi connectivity index (χ2n) is 6.84. The lowest BCUT2D eigenvalue weighted by Gasteiger charge is -2.16. The van der Waals surface area contributed by atoms with Crippen LogP contribution >= 0.6 is 24.0 Å². The summed E-state index contributed by atoms with van der Waals surface area (Å²) in [5.74, 6) is 1.64. The Morgan fingerprint density at radius 1 is 0.933 bits per heavy atom. The number of rotatable bonds is 11. The Morgan fingerprint density at radius 3 is 2.43 bits per heavy atom. The van der Waals surface area contributed by atoms with Crippen LogP contribution in [0.1, 0.15) is 28.7 Å². The van der Waals surface area contributed by atoms with Crippen molar-refractivity contribution in [3.63, 3.8) is 0 Å². The van der Waals surface area contributed by atoms with Crippen molar-refractivity contribution in [2.75, 3.05) is 34.5 Å². The first-order valence-electron chi connectivity index (χ1n) is 9.88. The Balaban J connectivity index is 0.00000450. The zero-order chi connectivity index (χ0) is 20.9. The summed E-state index contributed by atoms with van der Waals surface area (Å²) in [6.07, 6.45) is 0.864. The minimum atomic E-state index is 0. The normalized spacial score (nSPS) is 11.0. The monoisotopic (exact) mass is 527 g/mol. The molecule has 0 aromatic heterocycles. The number of methoxy groups -OCH3 is 2. The van der Waals surface area contributed by atoms with Crippen LogP contribution in [-0.4, -0.2) is 40.4 Å². The molecule has 0 saturated heterocycles. The number of aryl methyl sites for hydroxylation is 1. The van der Waals surface area contributed by atoms with Crippen LogP contribution in [0.4, 0.5) is 0 Å². The van der Waals surface area contributed by atoms with Gasteiger partial charge >= 0.3 is 0 Å². The van der Waals surface area contributed by atoms with Gasteiger partial charge in [0, 0.05) is 52.9 Å². The third kappa shape index (κ3) is 9.32. The maximum atomic E-state index is 5.96. The molecule has 2 N–H and O–H groups in total. The van der Waals surface area contributed by atoms with Crippen molar-refractivity contribution >= 4 is 29.9 Å². The van der Waals surface area contributed by atoms with Crippen molar-refractivity contribution in [3.05, 3.63) is 64.7 Å². The maximum Gasteiger partial charge on any atom is 0.191 e. The van der Waals surface area contributed by atoms with Gasteiger partial charge in [-0.1, -0.05) is 36.4 Å². The van der Waals surface area contributed by atoms with Gasteiger partial charge in [-0.15, -0.1) is 24.0 Å². The van der Waals surface area contributed by atoms with Crippen LogP contribution in [0.5, 0.6) is 5.75 Å². The van der Waals surface area contributed by atoms with E-state index < -0.39 is 0 Å². The van der Waals surface area contributed by atoms with Gasteiger partial charge in [0.1, 0.15) is 5.75 Å². The van der Waals surface area contributed by atoms with Gasteiger partial charge in [-0.2, -0.15) is 0 Å². The molecule has 0 heterocycles. The molecule has 0 fully saturated rings. The molecule has 2 aromatic carbocycles. The highest BCUT2D eigenvalue weighted by molar-refractivity contribution is 14.0. The quantitative estimate of drug-likeness (QED) is 0.200. The molecule has 0 aliphatic heterocycles. The maximum absolute atomic E-state index is 5.96. The van der Waals surface area contributed by atoms with Crippen LogP contribution in [0, 0.1) is 6.92 Å². The molecule has 30 heavy (non-hydrogen) atoms. The van der Waals surface area contributed by atoms with Crippen LogP contribution in [0.25, 0.3) is 0 Å². The van der Waals surface area contributed by atoms with Crippen molar-refractivity contribution < 1.29 is 14.2 Å². The highest BCUT2D eigenvalue weighted by Crippen LogP contribution is 2.20. The lowest BCUT2D eigenvalue weighted by Crippen LogP contribution is -2.36. The number of hydrogen-bond acceptors (Lipinski definition) is 4. The lowest BCUT2D eigenvalue weighted by atomic mass is 10.1. The second kappa shape index (κ2) is 15.0. The van der Waals surface area contributed by atoms with E-state index in [-0.39, 0.29) is 24.0 Å². The standard InChI is InChI=1S/C23H33N3O3.HI/c1-18-9-10-21(22(13-18)29-12-6-11-27-3)16-26-23(24-2)25-15-19-7-5-8-20(14-19)17-28-4;/h5,7-10,13-14H,6,11-12,15-17H2,1-4H3,(H2,24,25,26);1H. The van der Waals surface area contributed by atoms with Gasteiger partial charge in [-0.05, 0) is 29.7 Å². The van der Waals surface area contributed by atoms with E-state index in [1.807, 2.05) is 6.07 Å². The van der Waals surface area contributed by atoms with Gasteiger partial charge < -0.3 is 24.8 Å². The van der Waals surface area contributed by atoms with Crippen LogP contribution < -0.4 is 15.4 Å². The summed E-state index contributed by atoms with van der Waals surface area (Å²) in [4.78, 5) is 4.32. The first kappa shape index (κ1) is 26.2. The molecule has 0 unspecified atom stereocenters. The number of nitrogens with zero attached hydrogens (tertiary/aromatic N) is 1. The Hall–Kier alpha value is -1.84. The van der Waals surface area contributed by atoms with E-state index in [1.54, 1.807) is 21.3 Å². The number of guanidine groups is 1. The molecule has 0 aliphatic rings. The number of nitrogens with one attached hydrogen (secondary N) is 2. The van der Waals surface area contributed by atoms with Gasteiger partial charge in [0.05, 0.1) is 13.2 Å². The molecule has 0 atom stereocenters. The van der Waals surface area contributed by atoms with Crippen LogP contribution in [0.15, 0.2) is 47.5 Å². The summed E-state index contributed by atoms with van der Waals surface area (Å²) in [6, 6.07) is 14.6. The predicted molar refractivity (Wildman–Crippen MR) is 133 cm³/mol. The topological polar surface area (TPSA) is 64.1 Å². The average molecular weight is 527 g/mol. The van der Waals surface area contributed by atoms with Crippen molar-refractivity contribution in [2.24, 2.45) is 4.99 Å². The van der Waals surface area contributed by atoms with Gasteiger partial charge in [0.25, 0.3) is 0 Å². The summed E-state index contributed by atoms with van der Waals surface area (Å²) in [7, 11) is 5.18. The van der Waals surface area contributed by atoms with Gasteiger partial charge in [-0.25, -0.2) is 0 Å². The zero-order valence-corrected chi connectivity index (χ0v) is 20.7.